The molecule has 4 heterocycles. The molecule has 0 N–H and O–H groups in total. The van der Waals surface area contributed by atoms with E-state index < -0.39 is 15.6 Å². The molecule has 5 rings (SSSR count). The molecule has 1 unspecified atom stereocenters. The lowest BCUT2D eigenvalue weighted by Gasteiger charge is -2.42. The van der Waals surface area contributed by atoms with Crippen LogP contribution >= 0.6 is 0 Å². The van der Waals surface area contributed by atoms with Gasteiger partial charge in [0.2, 0.25) is 15.9 Å². The number of sulfonamides is 1. The number of hydrogen-bond donors (Lipinski definition) is 0. The monoisotopic (exact) mass is 658 g/mol. The van der Waals surface area contributed by atoms with E-state index in [2.05, 4.69) is 9.88 Å². The number of aryl methyl sites for hydroxylation is 2. The maximum Gasteiger partial charge on any atom is 0.248 e. The topological polar surface area (TPSA) is 102 Å². The van der Waals surface area contributed by atoms with E-state index in [1.807, 2.05) is 30.9 Å². The Hall–Kier alpha value is -2.57. The van der Waals surface area contributed by atoms with E-state index in [1.165, 1.54) is 12.8 Å². The third-order valence-corrected chi connectivity index (χ3v) is 11.7. The molecular weight excluding hydrogens is 604 g/mol. The summed E-state index contributed by atoms with van der Waals surface area (Å²) in [6, 6.07) is 7.25. The standard InChI is InChI=1S/C33H48N4O6S.C2H6/c1-26-22-30(41-3)23-27(2)32(26)44(39,40)37-17-5-4-8-29(37)24-42-25-31(38)36-18-11-33(12-19-36,28-9-13-34-14-10-28)43-21-20-35-15-6-7-16-35;1-2/h9-10,13-14,22-23,29H,4-8,11-12,15-21,24-25H2,1-3H3;1-2H3. The van der Waals surface area contributed by atoms with Crippen LogP contribution in [0.15, 0.2) is 41.6 Å². The van der Waals surface area contributed by atoms with Gasteiger partial charge in [0.15, 0.2) is 0 Å². The van der Waals surface area contributed by atoms with Crippen LogP contribution in [0.5, 0.6) is 5.75 Å². The summed E-state index contributed by atoms with van der Waals surface area (Å²) in [5.41, 5.74) is 2.00. The average Bonchev–Trinajstić information content (AvgIpc) is 3.59. The van der Waals surface area contributed by atoms with Crippen molar-refractivity contribution in [3.05, 3.63) is 53.3 Å². The van der Waals surface area contributed by atoms with Crippen molar-refractivity contribution >= 4 is 15.9 Å². The van der Waals surface area contributed by atoms with Crippen LogP contribution in [0, 0.1) is 13.8 Å². The summed E-state index contributed by atoms with van der Waals surface area (Å²) in [6.07, 6.45) is 9.96. The van der Waals surface area contributed by atoms with Crippen molar-refractivity contribution in [1.29, 1.82) is 0 Å². The van der Waals surface area contributed by atoms with Gasteiger partial charge in [-0.25, -0.2) is 8.42 Å². The fourth-order valence-corrected chi connectivity index (χ4v) is 9.14. The van der Waals surface area contributed by atoms with Gasteiger partial charge in [-0.15, -0.1) is 0 Å². The molecular formula is C35H54N4O6S. The van der Waals surface area contributed by atoms with E-state index in [0.717, 1.165) is 38.0 Å². The van der Waals surface area contributed by atoms with Crippen LogP contribution in [-0.4, -0.2) is 106 Å². The number of methoxy groups -OCH3 is 1. The Morgan fingerprint density at radius 2 is 1.59 bits per heavy atom. The summed E-state index contributed by atoms with van der Waals surface area (Å²) >= 11 is 0. The van der Waals surface area contributed by atoms with Gasteiger partial charge >= 0.3 is 0 Å². The molecule has 1 amide bonds. The second-order valence-electron chi connectivity index (χ2n) is 12.4. The zero-order valence-electron chi connectivity index (χ0n) is 28.5. The van der Waals surface area contributed by atoms with Gasteiger partial charge in [0.1, 0.15) is 12.4 Å². The average molecular weight is 659 g/mol. The largest absolute Gasteiger partial charge is 0.497 e. The molecule has 1 atom stereocenters. The first kappa shape index (κ1) is 36.3. The maximum absolute atomic E-state index is 13.8. The molecule has 256 valence electrons. The molecule has 3 aliphatic rings. The predicted octanol–water partition coefficient (Wildman–Crippen LogP) is 4.92. The number of nitrogens with zero attached hydrogens (tertiary/aromatic N) is 4. The number of amides is 1. The lowest BCUT2D eigenvalue weighted by Crippen LogP contribution is -2.49. The van der Waals surface area contributed by atoms with E-state index in [4.69, 9.17) is 14.2 Å². The number of carbonyl (C=O) groups is 1. The molecule has 0 spiro atoms. The van der Waals surface area contributed by atoms with Crippen molar-refractivity contribution in [2.24, 2.45) is 0 Å². The molecule has 46 heavy (non-hydrogen) atoms. The Morgan fingerprint density at radius 1 is 0.957 bits per heavy atom. The zero-order valence-corrected chi connectivity index (χ0v) is 29.3. The second-order valence-corrected chi connectivity index (χ2v) is 14.2. The molecule has 0 saturated carbocycles. The van der Waals surface area contributed by atoms with Gasteiger partial charge in [-0.05, 0) is 106 Å². The van der Waals surface area contributed by atoms with Crippen molar-refractivity contribution in [1.82, 2.24) is 19.1 Å². The summed E-state index contributed by atoms with van der Waals surface area (Å²) in [5.74, 6) is 0.567. The molecule has 0 radical (unpaired) electrons. The minimum Gasteiger partial charge on any atom is -0.497 e. The highest BCUT2D eigenvalue weighted by Gasteiger charge is 2.39. The van der Waals surface area contributed by atoms with E-state index in [-0.39, 0.29) is 25.2 Å². The van der Waals surface area contributed by atoms with Crippen molar-refractivity contribution in [3.8, 4) is 5.75 Å². The van der Waals surface area contributed by atoms with Gasteiger partial charge in [0.25, 0.3) is 0 Å². The van der Waals surface area contributed by atoms with Crippen LogP contribution in [0.25, 0.3) is 0 Å². The molecule has 3 fully saturated rings. The highest BCUT2D eigenvalue weighted by molar-refractivity contribution is 7.89. The summed E-state index contributed by atoms with van der Waals surface area (Å²) < 4.78 is 47.2. The maximum atomic E-state index is 13.8. The molecule has 0 aliphatic carbocycles. The summed E-state index contributed by atoms with van der Waals surface area (Å²) in [5, 5.41) is 0. The van der Waals surface area contributed by atoms with Gasteiger partial charge in [-0.1, -0.05) is 20.3 Å². The first-order chi connectivity index (χ1) is 22.2. The highest BCUT2D eigenvalue weighted by atomic mass is 32.2. The highest BCUT2D eigenvalue weighted by Crippen LogP contribution is 2.37. The predicted molar refractivity (Wildman–Crippen MR) is 180 cm³/mol. The fourth-order valence-electron chi connectivity index (χ4n) is 7.05. The molecule has 3 saturated heterocycles. The minimum absolute atomic E-state index is 0.0664. The molecule has 3 aliphatic heterocycles. The molecule has 1 aromatic carbocycles. The van der Waals surface area contributed by atoms with Crippen LogP contribution in [0.2, 0.25) is 0 Å². The quantitative estimate of drug-likeness (QED) is 0.317. The number of rotatable bonds is 12. The SMILES string of the molecule is CC.COc1cc(C)c(S(=O)(=O)N2CCCCC2COCC(=O)N2CCC(OCCN3CCCC3)(c3ccncc3)CC2)c(C)c1. The number of likely N-dealkylation sites (tertiary alicyclic amines) is 2. The first-order valence-electron chi connectivity index (χ1n) is 17.0. The lowest BCUT2D eigenvalue weighted by atomic mass is 9.84. The normalized spacial score (nSPS) is 20.6. The van der Waals surface area contributed by atoms with Crippen molar-refractivity contribution in [2.45, 2.75) is 89.2 Å². The molecule has 11 heteroatoms. The van der Waals surface area contributed by atoms with Crippen LogP contribution in [0.1, 0.15) is 75.5 Å². The number of piperidine rings is 2. The van der Waals surface area contributed by atoms with Crippen LogP contribution in [-0.2, 0) is 29.9 Å². The fraction of sp³-hybridized carbons (Fsp3) is 0.657. The Morgan fingerprint density at radius 3 is 2.22 bits per heavy atom. The number of aromatic nitrogens is 1. The van der Waals surface area contributed by atoms with Crippen LogP contribution in [0.4, 0.5) is 0 Å². The number of carbonyl (C=O) groups excluding carboxylic acids is 1. The summed E-state index contributed by atoms with van der Waals surface area (Å²) in [4.78, 5) is 22.0. The van der Waals surface area contributed by atoms with Gasteiger partial charge in [0, 0.05) is 44.6 Å². The Kier molecular flexibility index (Phi) is 13.4. The van der Waals surface area contributed by atoms with Gasteiger partial charge in [0.05, 0.1) is 30.8 Å². The van der Waals surface area contributed by atoms with E-state index in [1.54, 1.807) is 49.8 Å². The minimum atomic E-state index is -3.74. The molecule has 10 nitrogen and oxygen atoms in total. The third kappa shape index (κ3) is 8.66. The van der Waals surface area contributed by atoms with Crippen molar-refractivity contribution < 1.29 is 27.4 Å². The lowest BCUT2D eigenvalue weighted by molar-refractivity contribution is -0.144. The molecule has 1 aromatic heterocycles. The van der Waals surface area contributed by atoms with Gasteiger partial charge < -0.3 is 24.0 Å². The van der Waals surface area contributed by atoms with Gasteiger partial charge in [-0.3, -0.25) is 9.78 Å². The Balaban J connectivity index is 0.00000235. The summed E-state index contributed by atoms with van der Waals surface area (Å²) in [7, 11) is -2.16. The molecule has 0 bridgehead atoms. The number of pyridine rings is 1. The smallest absolute Gasteiger partial charge is 0.248 e. The zero-order chi connectivity index (χ0) is 33.2. The Bertz CT molecular complexity index is 1340. The molecule has 2 aromatic rings. The number of benzene rings is 1. The van der Waals surface area contributed by atoms with E-state index >= 15 is 0 Å². The second kappa shape index (κ2) is 17.0. The number of hydrogen-bond acceptors (Lipinski definition) is 8. The van der Waals surface area contributed by atoms with Gasteiger partial charge in [-0.2, -0.15) is 4.31 Å². The third-order valence-electron chi connectivity index (χ3n) is 9.46. The Labute approximate surface area is 276 Å². The van der Waals surface area contributed by atoms with Crippen LogP contribution in [0.3, 0.4) is 0 Å². The van der Waals surface area contributed by atoms with E-state index in [9.17, 15) is 13.2 Å². The first-order valence-corrected chi connectivity index (χ1v) is 18.5. The van der Waals surface area contributed by atoms with Crippen molar-refractivity contribution in [3.63, 3.8) is 0 Å². The summed E-state index contributed by atoms with van der Waals surface area (Å²) in [6.45, 7) is 13.2. The van der Waals surface area contributed by atoms with E-state index in [0.29, 0.717) is 67.3 Å². The number of ether oxygens (including phenoxy) is 3. The van der Waals surface area contributed by atoms with Crippen LogP contribution < -0.4 is 4.74 Å². The van der Waals surface area contributed by atoms with Crippen molar-refractivity contribution in [2.75, 3.05) is 66.2 Å².